The normalized spacial score (nSPS) is 11.8. The van der Waals surface area contributed by atoms with Crippen molar-refractivity contribution in [3.8, 4) is 5.75 Å². The summed E-state index contributed by atoms with van der Waals surface area (Å²) < 4.78 is 5.86. The molecule has 2 aromatic carbocycles. The zero-order chi connectivity index (χ0) is 19.2. The van der Waals surface area contributed by atoms with Crippen molar-refractivity contribution >= 4 is 22.4 Å². The van der Waals surface area contributed by atoms with Gasteiger partial charge in [0.15, 0.2) is 5.01 Å². The Hall–Kier alpha value is -2.73. The van der Waals surface area contributed by atoms with E-state index in [0.29, 0.717) is 11.7 Å². The molecule has 3 rings (SSSR count). The van der Waals surface area contributed by atoms with Crippen molar-refractivity contribution in [1.29, 1.82) is 0 Å². The van der Waals surface area contributed by atoms with Crippen LogP contribution in [-0.2, 0) is 11.4 Å². The maximum Gasteiger partial charge on any atom is 0.233 e. The first-order chi connectivity index (χ1) is 13.1. The number of anilines is 1. The van der Waals surface area contributed by atoms with Crippen molar-refractivity contribution in [3.63, 3.8) is 0 Å². The van der Waals surface area contributed by atoms with Gasteiger partial charge in [0.2, 0.25) is 11.0 Å². The number of hydrogen-bond donors (Lipinski definition) is 1. The molecule has 5 nitrogen and oxygen atoms in total. The van der Waals surface area contributed by atoms with Crippen LogP contribution in [0.3, 0.4) is 0 Å². The highest BCUT2D eigenvalue weighted by Gasteiger charge is 2.20. The quantitative estimate of drug-likeness (QED) is 0.634. The second kappa shape index (κ2) is 8.77. The van der Waals surface area contributed by atoms with E-state index < -0.39 is 0 Å². The fraction of sp³-hybridized carbons (Fsp3) is 0.286. The van der Waals surface area contributed by atoms with Crippen molar-refractivity contribution < 1.29 is 9.53 Å². The minimum Gasteiger partial charge on any atom is -0.486 e. The molecule has 0 bridgehead atoms. The predicted molar refractivity (Wildman–Crippen MR) is 108 cm³/mol. The average Bonchev–Trinajstić information content (AvgIpc) is 3.11. The summed E-state index contributed by atoms with van der Waals surface area (Å²) in [5.41, 5.74) is 3.22. The Bertz CT molecular complexity index is 909. The highest BCUT2D eigenvalue weighted by molar-refractivity contribution is 7.15. The van der Waals surface area contributed by atoms with Crippen molar-refractivity contribution in [2.75, 3.05) is 5.32 Å². The SMILES string of the molecule is CCC(C(=O)Nc1nnc(COc2cc(C)ccc2C)s1)c1ccccc1. The minimum absolute atomic E-state index is 0.0677. The van der Waals surface area contributed by atoms with Gasteiger partial charge in [-0.15, -0.1) is 10.2 Å². The molecule has 0 saturated carbocycles. The molecule has 1 N–H and O–H groups in total. The molecule has 6 heteroatoms. The lowest BCUT2D eigenvalue weighted by Crippen LogP contribution is -2.20. The van der Waals surface area contributed by atoms with Crippen LogP contribution in [0.2, 0.25) is 0 Å². The lowest BCUT2D eigenvalue weighted by Gasteiger charge is -2.13. The fourth-order valence-corrected chi connectivity index (χ4v) is 3.47. The van der Waals surface area contributed by atoms with E-state index in [-0.39, 0.29) is 11.8 Å². The summed E-state index contributed by atoms with van der Waals surface area (Å²) in [5, 5.41) is 12.3. The standard InChI is InChI=1S/C21H23N3O2S/c1-4-17(16-8-6-5-7-9-16)20(25)22-21-24-23-19(27-21)13-26-18-12-14(2)10-11-15(18)3/h5-12,17H,4,13H2,1-3H3,(H,22,24,25). The van der Waals surface area contributed by atoms with Crippen LogP contribution < -0.4 is 10.1 Å². The van der Waals surface area contributed by atoms with E-state index in [1.54, 1.807) is 0 Å². The van der Waals surface area contributed by atoms with E-state index in [9.17, 15) is 4.79 Å². The minimum atomic E-state index is -0.204. The number of nitrogens with one attached hydrogen (secondary N) is 1. The largest absolute Gasteiger partial charge is 0.486 e. The topological polar surface area (TPSA) is 64.1 Å². The molecule has 27 heavy (non-hydrogen) atoms. The zero-order valence-corrected chi connectivity index (χ0v) is 16.5. The number of ether oxygens (including phenoxy) is 1. The van der Waals surface area contributed by atoms with Gasteiger partial charge in [-0.2, -0.15) is 0 Å². The van der Waals surface area contributed by atoms with Crippen molar-refractivity contribution in [2.24, 2.45) is 0 Å². The van der Waals surface area contributed by atoms with Gasteiger partial charge in [-0.25, -0.2) is 0 Å². The van der Waals surface area contributed by atoms with E-state index in [4.69, 9.17) is 4.74 Å². The zero-order valence-electron chi connectivity index (χ0n) is 15.7. The molecule has 0 aliphatic rings. The molecule has 1 heterocycles. The Labute approximate surface area is 163 Å². The number of amides is 1. The van der Waals surface area contributed by atoms with Gasteiger partial charge in [-0.3, -0.25) is 10.1 Å². The number of benzene rings is 2. The summed E-state index contributed by atoms with van der Waals surface area (Å²) in [6.45, 7) is 6.37. The third-order valence-electron chi connectivity index (χ3n) is 4.32. The lowest BCUT2D eigenvalue weighted by atomic mass is 9.96. The van der Waals surface area contributed by atoms with Gasteiger partial charge in [-0.05, 0) is 43.0 Å². The maximum atomic E-state index is 12.6. The van der Waals surface area contributed by atoms with E-state index >= 15 is 0 Å². The number of carbonyl (C=O) groups excluding carboxylic acids is 1. The number of aromatic nitrogens is 2. The average molecular weight is 382 g/mol. The van der Waals surface area contributed by atoms with Gasteiger partial charge in [0.25, 0.3) is 0 Å². The molecule has 1 unspecified atom stereocenters. The summed E-state index contributed by atoms with van der Waals surface area (Å²) in [6.07, 6.45) is 0.719. The smallest absolute Gasteiger partial charge is 0.233 e. The van der Waals surface area contributed by atoms with Gasteiger partial charge >= 0.3 is 0 Å². The first-order valence-corrected chi connectivity index (χ1v) is 9.76. The molecule has 0 saturated heterocycles. The number of rotatable bonds is 7. The number of hydrogen-bond acceptors (Lipinski definition) is 5. The highest BCUT2D eigenvalue weighted by Crippen LogP contribution is 2.25. The first-order valence-electron chi connectivity index (χ1n) is 8.95. The molecule has 1 amide bonds. The van der Waals surface area contributed by atoms with Crippen LogP contribution in [0.25, 0.3) is 0 Å². The van der Waals surface area contributed by atoms with Crippen molar-refractivity contribution in [2.45, 2.75) is 39.7 Å². The van der Waals surface area contributed by atoms with E-state index in [2.05, 4.69) is 21.6 Å². The molecule has 0 aliphatic carbocycles. The molecule has 0 spiro atoms. The van der Waals surface area contributed by atoms with Crippen LogP contribution in [0.5, 0.6) is 5.75 Å². The van der Waals surface area contributed by atoms with Crippen molar-refractivity contribution in [3.05, 3.63) is 70.2 Å². The van der Waals surface area contributed by atoms with Gasteiger partial charge in [-0.1, -0.05) is 60.7 Å². The maximum absolute atomic E-state index is 12.6. The molecule has 3 aromatic rings. The molecule has 0 radical (unpaired) electrons. The summed E-state index contributed by atoms with van der Waals surface area (Å²) in [4.78, 5) is 12.6. The Morgan fingerprint density at radius 3 is 2.67 bits per heavy atom. The van der Waals surface area contributed by atoms with E-state index in [1.807, 2.05) is 63.2 Å². The van der Waals surface area contributed by atoms with Gasteiger partial charge in [0.1, 0.15) is 12.4 Å². The Balaban J connectivity index is 1.62. The predicted octanol–water partition coefficient (Wildman–Crippen LogP) is 4.87. The Morgan fingerprint density at radius 1 is 1.15 bits per heavy atom. The number of carbonyl (C=O) groups is 1. The van der Waals surface area contributed by atoms with E-state index in [1.165, 1.54) is 11.3 Å². The van der Waals surface area contributed by atoms with Gasteiger partial charge in [0, 0.05) is 0 Å². The van der Waals surface area contributed by atoms with Crippen LogP contribution in [0.4, 0.5) is 5.13 Å². The van der Waals surface area contributed by atoms with Crippen LogP contribution in [0.1, 0.15) is 41.0 Å². The number of aryl methyl sites for hydroxylation is 2. The van der Waals surface area contributed by atoms with Crippen LogP contribution >= 0.6 is 11.3 Å². The molecule has 1 atom stereocenters. The second-order valence-corrected chi connectivity index (χ2v) is 7.48. The summed E-state index contributed by atoms with van der Waals surface area (Å²) in [6, 6.07) is 15.9. The first kappa shape index (κ1) is 19.0. The Morgan fingerprint density at radius 2 is 1.93 bits per heavy atom. The van der Waals surface area contributed by atoms with Crippen molar-refractivity contribution in [1.82, 2.24) is 10.2 Å². The van der Waals surface area contributed by atoms with Crippen LogP contribution in [0, 0.1) is 13.8 Å². The second-order valence-electron chi connectivity index (χ2n) is 6.42. The van der Waals surface area contributed by atoms with Gasteiger partial charge < -0.3 is 4.74 Å². The summed E-state index contributed by atoms with van der Waals surface area (Å²) >= 11 is 1.33. The molecular formula is C21H23N3O2S. The van der Waals surface area contributed by atoms with Crippen LogP contribution in [-0.4, -0.2) is 16.1 Å². The molecule has 0 aliphatic heterocycles. The molecule has 1 aromatic heterocycles. The molecule has 0 fully saturated rings. The van der Waals surface area contributed by atoms with Crippen LogP contribution in [0.15, 0.2) is 48.5 Å². The monoisotopic (exact) mass is 381 g/mol. The summed E-state index contributed by atoms with van der Waals surface area (Å²) in [7, 11) is 0. The Kier molecular flexibility index (Phi) is 6.19. The molecule has 140 valence electrons. The van der Waals surface area contributed by atoms with E-state index in [0.717, 1.165) is 33.9 Å². The summed E-state index contributed by atoms with van der Waals surface area (Å²) in [5.74, 6) is 0.567. The third-order valence-corrected chi connectivity index (χ3v) is 5.13. The van der Waals surface area contributed by atoms with Gasteiger partial charge in [0.05, 0.1) is 5.92 Å². The lowest BCUT2D eigenvalue weighted by molar-refractivity contribution is -0.117. The third kappa shape index (κ3) is 4.92. The fourth-order valence-electron chi connectivity index (χ4n) is 2.82. The highest BCUT2D eigenvalue weighted by atomic mass is 32.1. The number of nitrogens with zero attached hydrogens (tertiary/aromatic N) is 2. The molecular weight excluding hydrogens is 358 g/mol.